The van der Waals surface area contributed by atoms with Gasteiger partial charge >= 0.3 is 0 Å². The van der Waals surface area contributed by atoms with Crippen LogP contribution in [-0.4, -0.2) is 0 Å². The molecular formula is C44H34. The van der Waals surface area contributed by atoms with Crippen molar-refractivity contribution < 1.29 is 0 Å². The minimum Gasteiger partial charge on any atom is -0.0622 e. The molecule has 9 rings (SSSR count). The van der Waals surface area contributed by atoms with Gasteiger partial charge in [-0.1, -0.05) is 137 Å². The van der Waals surface area contributed by atoms with Crippen LogP contribution in [-0.2, 0) is 10.8 Å². The van der Waals surface area contributed by atoms with Crippen LogP contribution in [0.2, 0.25) is 0 Å². The third-order valence-corrected chi connectivity index (χ3v) is 10.6. The Morgan fingerprint density at radius 1 is 0.318 bits per heavy atom. The number of fused-ring (bicyclic) bond motifs is 8. The Hall–Kier alpha value is -4.94. The summed E-state index contributed by atoms with van der Waals surface area (Å²) in [5, 5.41) is 5.30. The van der Waals surface area contributed by atoms with Gasteiger partial charge in [-0.05, 0) is 113 Å². The third-order valence-electron chi connectivity index (χ3n) is 10.6. The van der Waals surface area contributed by atoms with Crippen LogP contribution < -0.4 is 0 Å². The minimum atomic E-state index is -0.0726. The highest BCUT2D eigenvalue weighted by molar-refractivity contribution is 6.23. The SMILES string of the molecule is CC1(C)c2ccccc2-c2cc3c(-c4ccccc4)c4cc5c(cc4c(-c4ccccc4)c3cc21)-c1ccccc1C5(C)C. The quantitative estimate of drug-likeness (QED) is 0.184. The van der Waals surface area contributed by atoms with Gasteiger partial charge in [-0.25, -0.2) is 0 Å². The summed E-state index contributed by atoms with van der Waals surface area (Å²) in [7, 11) is 0. The topological polar surface area (TPSA) is 0 Å². The Labute approximate surface area is 259 Å². The van der Waals surface area contributed by atoms with Crippen molar-refractivity contribution in [1.82, 2.24) is 0 Å². The maximum Gasteiger partial charge on any atom is 0.0159 e. The zero-order valence-electron chi connectivity index (χ0n) is 25.7. The molecule has 7 aromatic rings. The van der Waals surface area contributed by atoms with E-state index in [1.54, 1.807) is 0 Å². The van der Waals surface area contributed by atoms with E-state index < -0.39 is 0 Å². The lowest BCUT2D eigenvalue weighted by Gasteiger charge is -2.25. The van der Waals surface area contributed by atoms with Gasteiger partial charge < -0.3 is 0 Å². The molecular weight excluding hydrogens is 528 g/mol. The Morgan fingerprint density at radius 2 is 0.659 bits per heavy atom. The van der Waals surface area contributed by atoms with E-state index >= 15 is 0 Å². The smallest absolute Gasteiger partial charge is 0.0159 e. The van der Waals surface area contributed by atoms with Gasteiger partial charge in [-0.3, -0.25) is 0 Å². The highest BCUT2D eigenvalue weighted by Crippen LogP contribution is 2.56. The predicted molar refractivity (Wildman–Crippen MR) is 187 cm³/mol. The summed E-state index contributed by atoms with van der Waals surface area (Å²) in [4.78, 5) is 0. The summed E-state index contributed by atoms with van der Waals surface area (Å²) in [6.07, 6.45) is 0. The minimum absolute atomic E-state index is 0.0726. The molecule has 0 amide bonds. The van der Waals surface area contributed by atoms with Gasteiger partial charge in [-0.2, -0.15) is 0 Å². The molecule has 0 radical (unpaired) electrons. The summed E-state index contributed by atoms with van der Waals surface area (Å²) in [6, 6.07) is 50.2. The molecule has 0 unspecified atom stereocenters. The maximum atomic E-state index is 2.53. The molecule has 0 nitrogen and oxygen atoms in total. The van der Waals surface area contributed by atoms with E-state index in [2.05, 4.69) is 161 Å². The molecule has 2 aliphatic rings. The lowest BCUT2D eigenvalue weighted by molar-refractivity contribution is 0.661. The number of benzene rings is 7. The van der Waals surface area contributed by atoms with E-state index in [9.17, 15) is 0 Å². The molecule has 0 heterocycles. The van der Waals surface area contributed by atoms with E-state index in [0.717, 1.165) is 0 Å². The summed E-state index contributed by atoms with van der Waals surface area (Å²) in [5.41, 5.74) is 16.1. The second kappa shape index (κ2) is 8.80. The zero-order chi connectivity index (χ0) is 29.8. The van der Waals surface area contributed by atoms with Crippen molar-refractivity contribution in [3.8, 4) is 44.5 Å². The molecule has 0 spiro atoms. The first-order chi connectivity index (χ1) is 21.4. The van der Waals surface area contributed by atoms with Crippen molar-refractivity contribution in [2.24, 2.45) is 0 Å². The summed E-state index contributed by atoms with van der Waals surface area (Å²) < 4.78 is 0. The van der Waals surface area contributed by atoms with Crippen LogP contribution in [0, 0.1) is 0 Å². The number of hydrogen-bond acceptors (Lipinski definition) is 0. The fourth-order valence-corrected chi connectivity index (χ4v) is 8.44. The molecule has 0 N–H and O–H groups in total. The van der Waals surface area contributed by atoms with Crippen LogP contribution in [0.4, 0.5) is 0 Å². The van der Waals surface area contributed by atoms with E-state index in [4.69, 9.17) is 0 Å². The van der Waals surface area contributed by atoms with Crippen LogP contribution in [0.25, 0.3) is 66.1 Å². The Morgan fingerprint density at radius 3 is 1.07 bits per heavy atom. The van der Waals surface area contributed by atoms with Crippen LogP contribution in [0.5, 0.6) is 0 Å². The second-order valence-corrected chi connectivity index (χ2v) is 13.7. The van der Waals surface area contributed by atoms with Gasteiger partial charge in [0, 0.05) is 10.8 Å². The first-order valence-electron chi connectivity index (χ1n) is 15.8. The van der Waals surface area contributed by atoms with Crippen molar-refractivity contribution in [2.45, 2.75) is 38.5 Å². The lowest BCUT2D eigenvalue weighted by Crippen LogP contribution is -2.15. The van der Waals surface area contributed by atoms with Gasteiger partial charge in [0.25, 0.3) is 0 Å². The standard InChI is InChI=1S/C44H34/c1-43(2)37-21-13-11-19-29(37)31-23-33-35(25-39(31)43)41(27-15-7-5-8-16-27)34-24-32-30-20-12-14-22-38(30)44(3,4)40(32)26-36(34)42(33)28-17-9-6-10-18-28/h5-26H,1-4H3. The third kappa shape index (κ3) is 3.29. The summed E-state index contributed by atoms with van der Waals surface area (Å²) >= 11 is 0. The fourth-order valence-electron chi connectivity index (χ4n) is 8.44. The molecule has 44 heavy (non-hydrogen) atoms. The molecule has 0 bridgehead atoms. The largest absolute Gasteiger partial charge is 0.0622 e. The van der Waals surface area contributed by atoms with Crippen LogP contribution >= 0.6 is 0 Å². The van der Waals surface area contributed by atoms with Crippen molar-refractivity contribution in [2.75, 3.05) is 0 Å². The molecule has 210 valence electrons. The van der Waals surface area contributed by atoms with Crippen LogP contribution in [0.15, 0.2) is 133 Å². The molecule has 0 aromatic heterocycles. The van der Waals surface area contributed by atoms with Gasteiger partial charge in [0.15, 0.2) is 0 Å². The van der Waals surface area contributed by atoms with Crippen LogP contribution in [0.3, 0.4) is 0 Å². The lowest BCUT2D eigenvalue weighted by atomic mass is 9.78. The fraction of sp³-hybridized carbons (Fsp3) is 0.136. The van der Waals surface area contributed by atoms with E-state index in [1.165, 1.54) is 88.3 Å². The number of hydrogen-bond donors (Lipinski definition) is 0. The molecule has 0 heteroatoms. The van der Waals surface area contributed by atoms with Crippen molar-refractivity contribution >= 4 is 21.5 Å². The first-order valence-corrected chi connectivity index (χ1v) is 15.8. The summed E-state index contributed by atoms with van der Waals surface area (Å²) in [5.74, 6) is 0. The van der Waals surface area contributed by atoms with E-state index in [-0.39, 0.29) is 10.8 Å². The Kier molecular flexibility index (Phi) is 5.11. The average Bonchev–Trinajstić information content (AvgIpc) is 3.41. The second-order valence-electron chi connectivity index (χ2n) is 13.7. The Bertz CT molecular complexity index is 2130. The normalized spacial score (nSPS) is 15.2. The molecule has 7 aromatic carbocycles. The summed E-state index contributed by atoms with van der Waals surface area (Å²) in [6.45, 7) is 9.54. The van der Waals surface area contributed by atoms with Gasteiger partial charge in [-0.15, -0.1) is 0 Å². The van der Waals surface area contributed by atoms with Crippen molar-refractivity contribution in [3.63, 3.8) is 0 Å². The molecule has 0 fully saturated rings. The first kappa shape index (κ1) is 25.5. The van der Waals surface area contributed by atoms with Gasteiger partial charge in [0.05, 0.1) is 0 Å². The maximum absolute atomic E-state index is 2.53. The van der Waals surface area contributed by atoms with Crippen molar-refractivity contribution in [1.29, 1.82) is 0 Å². The highest BCUT2D eigenvalue weighted by atomic mass is 14.4. The van der Waals surface area contributed by atoms with E-state index in [1.807, 2.05) is 0 Å². The zero-order valence-corrected chi connectivity index (χ0v) is 25.7. The van der Waals surface area contributed by atoms with Gasteiger partial charge in [0.2, 0.25) is 0 Å². The van der Waals surface area contributed by atoms with Crippen LogP contribution in [0.1, 0.15) is 49.9 Å². The Balaban J connectivity index is 1.52. The molecule has 0 atom stereocenters. The van der Waals surface area contributed by atoms with E-state index in [0.29, 0.717) is 0 Å². The monoisotopic (exact) mass is 562 g/mol. The van der Waals surface area contributed by atoms with Gasteiger partial charge in [0.1, 0.15) is 0 Å². The average molecular weight is 563 g/mol. The highest BCUT2D eigenvalue weighted by Gasteiger charge is 2.38. The molecule has 0 saturated carbocycles. The predicted octanol–water partition coefficient (Wildman–Crippen LogP) is 11.9. The molecule has 0 aliphatic heterocycles. The molecule has 0 saturated heterocycles. The number of rotatable bonds is 2. The molecule has 2 aliphatic carbocycles. The van der Waals surface area contributed by atoms with Crippen molar-refractivity contribution in [3.05, 3.63) is 156 Å².